The molecule has 0 aliphatic heterocycles. The lowest BCUT2D eigenvalue weighted by atomic mass is 10.2. The number of rotatable bonds is 7. The standard InChI is InChI=1S/C18H19N3O5/c1-25-9-8-20-16(22)12-6-7-19-15(11-12)17(23)21-14-5-3-4-13(10-14)18(24)26-2/h3-7,10-11H,8-9H2,1-2H3,(H,20,22)(H,21,23). The third kappa shape index (κ3) is 5.12. The van der Waals surface area contributed by atoms with E-state index in [1.807, 2.05) is 0 Å². The lowest BCUT2D eigenvalue weighted by Crippen LogP contribution is -2.27. The number of amides is 2. The molecule has 1 aromatic carbocycles. The van der Waals surface area contributed by atoms with E-state index in [1.54, 1.807) is 18.2 Å². The van der Waals surface area contributed by atoms with E-state index in [4.69, 9.17) is 4.74 Å². The van der Waals surface area contributed by atoms with E-state index < -0.39 is 11.9 Å². The van der Waals surface area contributed by atoms with Crippen molar-refractivity contribution < 1.29 is 23.9 Å². The lowest BCUT2D eigenvalue weighted by Gasteiger charge is -2.08. The van der Waals surface area contributed by atoms with Gasteiger partial charge < -0.3 is 20.1 Å². The van der Waals surface area contributed by atoms with Crippen LogP contribution in [0.4, 0.5) is 5.69 Å². The van der Waals surface area contributed by atoms with Gasteiger partial charge in [-0.05, 0) is 30.3 Å². The van der Waals surface area contributed by atoms with Crippen molar-refractivity contribution in [2.45, 2.75) is 0 Å². The number of anilines is 1. The van der Waals surface area contributed by atoms with Crippen LogP contribution in [0.25, 0.3) is 0 Å². The minimum absolute atomic E-state index is 0.0767. The monoisotopic (exact) mass is 357 g/mol. The lowest BCUT2D eigenvalue weighted by molar-refractivity contribution is 0.0600. The Morgan fingerprint density at radius 1 is 1.04 bits per heavy atom. The molecule has 2 aromatic rings. The first-order valence-electron chi connectivity index (χ1n) is 7.78. The fraction of sp³-hybridized carbons (Fsp3) is 0.222. The Kier molecular flexibility index (Phi) is 6.81. The molecule has 0 radical (unpaired) electrons. The third-order valence-corrected chi connectivity index (χ3v) is 3.39. The molecule has 2 N–H and O–H groups in total. The molecule has 0 saturated heterocycles. The highest BCUT2D eigenvalue weighted by Gasteiger charge is 2.13. The van der Waals surface area contributed by atoms with E-state index in [1.165, 1.54) is 38.6 Å². The Labute approximate surface area is 150 Å². The van der Waals surface area contributed by atoms with E-state index in [0.717, 1.165) is 0 Å². The maximum absolute atomic E-state index is 12.4. The van der Waals surface area contributed by atoms with Crippen molar-refractivity contribution in [3.8, 4) is 0 Å². The Bertz CT molecular complexity index is 807. The van der Waals surface area contributed by atoms with E-state index in [-0.39, 0.29) is 11.6 Å². The SMILES string of the molecule is COCCNC(=O)c1ccnc(C(=O)Nc2cccc(C(=O)OC)c2)c1. The Balaban J connectivity index is 2.09. The number of aromatic nitrogens is 1. The number of nitrogens with zero attached hydrogens (tertiary/aromatic N) is 1. The van der Waals surface area contributed by atoms with Gasteiger partial charge in [0.2, 0.25) is 0 Å². The number of nitrogens with one attached hydrogen (secondary N) is 2. The zero-order valence-electron chi connectivity index (χ0n) is 14.4. The molecular formula is C18H19N3O5. The Hall–Kier alpha value is -3.26. The number of carbonyl (C=O) groups excluding carboxylic acids is 3. The summed E-state index contributed by atoms with van der Waals surface area (Å²) >= 11 is 0. The van der Waals surface area contributed by atoms with Crippen molar-refractivity contribution in [3.63, 3.8) is 0 Å². The topological polar surface area (TPSA) is 107 Å². The highest BCUT2D eigenvalue weighted by Crippen LogP contribution is 2.13. The summed E-state index contributed by atoms with van der Waals surface area (Å²) in [4.78, 5) is 39.9. The maximum atomic E-state index is 12.4. The molecule has 0 fully saturated rings. The molecule has 2 rings (SSSR count). The fourth-order valence-corrected chi connectivity index (χ4v) is 2.10. The summed E-state index contributed by atoms with van der Waals surface area (Å²) in [5.74, 6) is -1.33. The second-order valence-corrected chi connectivity index (χ2v) is 5.20. The smallest absolute Gasteiger partial charge is 0.337 e. The van der Waals surface area contributed by atoms with Crippen LogP contribution in [0.1, 0.15) is 31.2 Å². The molecule has 0 saturated carbocycles. The first-order chi connectivity index (χ1) is 12.5. The Morgan fingerprint density at radius 3 is 2.58 bits per heavy atom. The van der Waals surface area contributed by atoms with Crippen molar-refractivity contribution in [2.24, 2.45) is 0 Å². The van der Waals surface area contributed by atoms with Gasteiger partial charge in [0.15, 0.2) is 0 Å². The van der Waals surface area contributed by atoms with Gasteiger partial charge in [-0.1, -0.05) is 6.07 Å². The van der Waals surface area contributed by atoms with Gasteiger partial charge in [0, 0.05) is 31.1 Å². The van der Waals surface area contributed by atoms with Gasteiger partial charge in [0.1, 0.15) is 5.69 Å². The zero-order chi connectivity index (χ0) is 18.9. The van der Waals surface area contributed by atoms with E-state index in [2.05, 4.69) is 20.4 Å². The van der Waals surface area contributed by atoms with Crippen molar-refractivity contribution >= 4 is 23.5 Å². The number of carbonyl (C=O) groups is 3. The van der Waals surface area contributed by atoms with Crippen molar-refractivity contribution in [3.05, 3.63) is 59.4 Å². The average Bonchev–Trinajstić information content (AvgIpc) is 2.67. The number of ether oxygens (including phenoxy) is 2. The summed E-state index contributed by atoms with van der Waals surface area (Å²) in [5.41, 5.74) is 1.11. The zero-order valence-corrected chi connectivity index (χ0v) is 14.4. The summed E-state index contributed by atoms with van der Waals surface area (Å²) in [6.07, 6.45) is 1.38. The molecule has 0 unspecified atom stereocenters. The van der Waals surface area contributed by atoms with Gasteiger partial charge in [-0.2, -0.15) is 0 Å². The van der Waals surface area contributed by atoms with Gasteiger partial charge in [0.05, 0.1) is 19.3 Å². The normalized spacial score (nSPS) is 10.1. The second kappa shape index (κ2) is 9.28. The molecule has 0 spiro atoms. The quantitative estimate of drug-likeness (QED) is 0.574. The maximum Gasteiger partial charge on any atom is 0.337 e. The summed E-state index contributed by atoms with van der Waals surface area (Å²) in [6, 6.07) is 9.22. The molecular weight excluding hydrogens is 338 g/mol. The van der Waals surface area contributed by atoms with Crippen LogP contribution >= 0.6 is 0 Å². The molecule has 0 aliphatic rings. The van der Waals surface area contributed by atoms with E-state index in [0.29, 0.717) is 30.0 Å². The van der Waals surface area contributed by atoms with Crippen molar-refractivity contribution in [2.75, 3.05) is 32.7 Å². The largest absolute Gasteiger partial charge is 0.465 e. The van der Waals surface area contributed by atoms with Crippen LogP contribution in [0.15, 0.2) is 42.6 Å². The van der Waals surface area contributed by atoms with Crippen LogP contribution in [-0.2, 0) is 9.47 Å². The third-order valence-electron chi connectivity index (χ3n) is 3.39. The average molecular weight is 357 g/mol. The van der Waals surface area contributed by atoms with E-state index in [9.17, 15) is 14.4 Å². The molecule has 1 heterocycles. The first-order valence-corrected chi connectivity index (χ1v) is 7.78. The predicted molar refractivity (Wildman–Crippen MR) is 94.2 cm³/mol. The summed E-state index contributed by atoms with van der Waals surface area (Å²) in [7, 11) is 2.82. The number of pyridine rings is 1. The molecule has 8 heteroatoms. The van der Waals surface area contributed by atoms with Gasteiger partial charge in [0.25, 0.3) is 11.8 Å². The molecule has 0 bridgehead atoms. The summed E-state index contributed by atoms with van der Waals surface area (Å²) < 4.78 is 9.51. The Morgan fingerprint density at radius 2 is 1.85 bits per heavy atom. The molecule has 1 aromatic heterocycles. The van der Waals surface area contributed by atoms with Crippen LogP contribution in [0, 0.1) is 0 Å². The predicted octanol–water partition coefficient (Wildman–Crippen LogP) is 1.50. The summed E-state index contributed by atoms with van der Waals surface area (Å²) in [5, 5.41) is 5.30. The number of esters is 1. The second-order valence-electron chi connectivity index (χ2n) is 5.20. The van der Waals surface area contributed by atoms with Crippen LogP contribution in [0.3, 0.4) is 0 Å². The molecule has 0 atom stereocenters. The van der Waals surface area contributed by atoms with Gasteiger partial charge in [-0.15, -0.1) is 0 Å². The van der Waals surface area contributed by atoms with Gasteiger partial charge in [-0.3, -0.25) is 14.6 Å². The van der Waals surface area contributed by atoms with Crippen LogP contribution in [-0.4, -0.2) is 50.1 Å². The van der Waals surface area contributed by atoms with Crippen LogP contribution < -0.4 is 10.6 Å². The molecule has 2 amide bonds. The molecule has 136 valence electrons. The van der Waals surface area contributed by atoms with Crippen molar-refractivity contribution in [1.82, 2.24) is 10.3 Å². The van der Waals surface area contributed by atoms with Gasteiger partial charge >= 0.3 is 5.97 Å². The first kappa shape index (κ1) is 19.1. The minimum atomic E-state index is -0.506. The number of benzene rings is 1. The molecule has 0 aliphatic carbocycles. The van der Waals surface area contributed by atoms with Crippen molar-refractivity contribution in [1.29, 1.82) is 0 Å². The highest BCUT2D eigenvalue weighted by molar-refractivity contribution is 6.05. The fourth-order valence-electron chi connectivity index (χ4n) is 2.10. The number of methoxy groups -OCH3 is 2. The molecule has 8 nitrogen and oxygen atoms in total. The highest BCUT2D eigenvalue weighted by atomic mass is 16.5. The van der Waals surface area contributed by atoms with Crippen LogP contribution in [0.5, 0.6) is 0 Å². The minimum Gasteiger partial charge on any atom is -0.465 e. The number of hydrogen-bond donors (Lipinski definition) is 2. The van der Waals surface area contributed by atoms with E-state index >= 15 is 0 Å². The van der Waals surface area contributed by atoms with Gasteiger partial charge in [-0.25, -0.2) is 4.79 Å². The molecule has 26 heavy (non-hydrogen) atoms. The number of hydrogen-bond acceptors (Lipinski definition) is 6. The summed E-state index contributed by atoms with van der Waals surface area (Å²) in [6.45, 7) is 0.750. The van der Waals surface area contributed by atoms with Crippen LogP contribution in [0.2, 0.25) is 0 Å².